The van der Waals surface area contributed by atoms with Crippen LogP contribution in [-0.4, -0.2) is 10.9 Å². The Balaban J connectivity index is 2.28. The van der Waals surface area contributed by atoms with Crippen LogP contribution in [0.3, 0.4) is 0 Å². The van der Waals surface area contributed by atoms with Gasteiger partial charge in [-0.1, -0.05) is 23.7 Å². The standard InChI is InChI=1S/C12H9ClFN3O/c13-7-3-1-4-8(14)11(7)12(18)17-10-6-2-5-9(15)16-10/h1-6H,(H3,15,16,17,18). The van der Waals surface area contributed by atoms with E-state index < -0.39 is 11.7 Å². The van der Waals surface area contributed by atoms with Gasteiger partial charge < -0.3 is 11.1 Å². The van der Waals surface area contributed by atoms with E-state index in [1.54, 1.807) is 18.2 Å². The number of halogens is 2. The molecule has 0 atom stereocenters. The van der Waals surface area contributed by atoms with Gasteiger partial charge in [-0.2, -0.15) is 0 Å². The Kier molecular flexibility index (Phi) is 3.43. The highest BCUT2D eigenvalue weighted by atomic mass is 35.5. The van der Waals surface area contributed by atoms with Crippen LogP contribution in [0, 0.1) is 5.82 Å². The van der Waals surface area contributed by atoms with Crippen LogP contribution in [0.5, 0.6) is 0 Å². The molecule has 0 fully saturated rings. The molecule has 2 rings (SSSR count). The third-order valence-electron chi connectivity index (χ3n) is 2.20. The van der Waals surface area contributed by atoms with E-state index in [2.05, 4.69) is 10.3 Å². The monoisotopic (exact) mass is 265 g/mol. The van der Waals surface area contributed by atoms with Gasteiger partial charge in [0.15, 0.2) is 0 Å². The predicted octanol–water partition coefficient (Wildman–Crippen LogP) is 2.71. The smallest absolute Gasteiger partial charge is 0.261 e. The molecule has 0 radical (unpaired) electrons. The van der Waals surface area contributed by atoms with E-state index in [4.69, 9.17) is 17.3 Å². The molecular weight excluding hydrogens is 257 g/mol. The first-order valence-electron chi connectivity index (χ1n) is 5.06. The van der Waals surface area contributed by atoms with Crippen LogP contribution in [0.2, 0.25) is 5.02 Å². The Labute approximate surface area is 108 Å². The molecule has 0 unspecified atom stereocenters. The molecule has 1 aromatic carbocycles. The SMILES string of the molecule is Nc1cccc(NC(=O)c2c(F)cccc2Cl)n1. The van der Waals surface area contributed by atoms with Gasteiger partial charge >= 0.3 is 0 Å². The molecule has 18 heavy (non-hydrogen) atoms. The topological polar surface area (TPSA) is 68.0 Å². The Hall–Kier alpha value is -2.14. The Morgan fingerprint density at radius 2 is 2.00 bits per heavy atom. The summed E-state index contributed by atoms with van der Waals surface area (Å²) in [6, 6.07) is 8.77. The molecule has 0 saturated carbocycles. The fourth-order valence-electron chi connectivity index (χ4n) is 1.41. The van der Waals surface area contributed by atoms with Crippen molar-refractivity contribution in [1.82, 2.24) is 4.98 Å². The minimum atomic E-state index is -0.691. The van der Waals surface area contributed by atoms with Gasteiger partial charge in [-0.05, 0) is 24.3 Å². The van der Waals surface area contributed by atoms with E-state index in [1.165, 1.54) is 12.1 Å². The second kappa shape index (κ2) is 5.01. The van der Waals surface area contributed by atoms with Crippen LogP contribution in [0.1, 0.15) is 10.4 Å². The zero-order valence-corrected chi connectivity index (χ0v) is 9.91. The van der Waals surface area contributed by atoms with Crippen LogP contribution in [0.4, 0.5) is 16.0 Å². The quantitative estimate of drug-likeness (QED) is 0.877. The predicted molar refractivity (Wildman–Crippen MR) is 68.0 cm³/mol. The lowest BCUT2D eigenvalue weighted by atomic mass is 10.2. The molecular formula is C12H9ClFN3O. The maximum Gasteiger partial charge on any atom is 0.261 e. The van der Waals surface area contributed by atoms with Crippen molar-refractivity contribution >= 4 is 29.1 Å². The number of nitrogens with one attached hydrogen (secondary N) is 1. The molecule has 0 aliphatic carbocycles. The number of pyridine rings is 1. The number of benzene rings is 1. The van der Waals surface area contributed by atoms with Gasteiger partial charge in [-0.15, -0.1) is 0 Å². The Morgan fingerprint density at radius 1 is 1.28 bits per heavy atom. The molecule has 2 aromatic rings. The zero-order chi connectivity index (χ0) is 13.1. The molecule has 0 bridgehead atoms. The van der Waals surface area contributed by atoms with Crippen molar-refractivity contribution in [1.29, 1.82) is 0 Å². The van der Waals surface area contributed by atoms with Crippen molar-refractivity contribution in [3.05, 3.63) is 52.8 Å². The summed E-state index contributed by atoms with van der Waals surface area (Å²) in [5.74, 6) is -0.869. The van der Waals surface area contributed by atoms with Crippen LogP contribution in [0.15, 0.2) is 36.4 Å². The number of aromatic nitrogens is 1. The molecule has 0 aliphatic heterocycles. The molecule has 1 heterocycles. The number of amides is 1. The highest BCUT2D eigenvalue weighted by Gasteiger charge is 2.16. The maximum atomic E-state index is 13.5. The molecule has 3 N–H and O–H groups in total. The molecule has 0 spiro atoms. The van der Waals surface area contributed by atoms with Gasteiger partial charge in [0, 0.05) is 0 Å². The van der Waals surface area contributed by atoms with Crippen molar-refractivity contribution in [2.75, 3.05) is 11.1 Å². The van der Waals surface area contributed by atoms with Crippen molar-refractivity contribution in [2.24, 2.45) is 0 Å². The first kappa shape index (κ1) is 12.3. The highest BCUT2D eigenvalue weighted by Crippen LogP contribution is 2.20. The molecule has 6 heteroatoms. The van der Waals surface area contributed by atoms with Gasteiger partial charge in [-0.3, -0.25) is 4.79 Å². The number of carbonyl (C=O) groups excluding carboxylic acids is 1. The summed E-state index contributed by atoms with van der Waals surface area (Å²) in [6.45, 7) is 0. The molecule has 0 saturated heterocycles. The Morgan fingerprint density at radius 3 is 2.67 bits per heavy atom. The van der Waals surface area contributed by atoms with E-state index >= 15 is 0 Å². The average molecular weight is 266 g/mol. The van der Waals surface area contributed by atoms with Crippen molar-refractivity contribution in [3.8, 4) is 0 Å². The zero-order valence-electron chi connectivity index (χ0n) is 9.15. The summed E-state index contributed by atoms with van der Waals surface area (Å²) in [6.07, 6.45) is 0. The number of nitrogens with zero attached hydrogens (tertiary/aromatic N) is 1. The largest absolute Gasteiger partial charge is 0.384 e. The lowest BCUT2D eigenvalue weighted by Crippen LogP contribution is -2.15. The van der Waals surface area contributed by atoms with Gasteiger partial charge in [-0.25, -0.2) is 9.37 Å². The van der Waals surface area contributed by atoms with Gasteiger partial charge in [0.05, 0.1) is 10.6 Å². The normalized spacial score (nSPS) is 10.1. The van der Waals surface area contributed by atoms with E-state index in [0.29, 0.717) is 0 Å². The minimum Gasteiger partial charge on any atom is -0.384 e. The van der Waals surface area contributed by atoms with Crippen LogP contribution < -0.4 is 11.1 Å². The maximum absolute atomic E-state index is 13.5. The summed E-state index contributed by atoms with van der Waals surface area (Å²) in [5, 5.41) is 2.46. The van der Waals surface area contributed by atoms with Crippen molar-refractivity contribution in [2.45, 2.75) is 0 Å². The van der Waals surface area contributed by atoms with Gasteiger partial charge in [0.1, 0.15) is 17.5 Å². The van der Waals surface area contributed by atoms with Crippen LogP contribution >= 0.6 is 11.6 Å². The summed E-state index contributed by atoms with van der Waals surface area (Å²) < 4.78 is 13.5. The number of hydrogen-bond acceptors (Lipinski definition) is 3. The molecule has 0 aliphatic rings. The summed E-state index contributed by atoms with van der Waals surface area (Å²) in [5.41, 5.74) is 5.25. The van der Waals surface area contributed by atoms with Crippen LogP contribution in [0.25, 0.3) is 0 Å². The van der Waals surface area contributed by atoms with Gasteiger partial charge in [0.2, 0.25) is 0 Å². The lowest BCUT2D eigenvalue weighted by Gasteiger charge is -2.07. The third-order valence-corrected chi connectivity index (χ3v) is 2.52. The Bertz CT molecular complexity index is 583. The van der Waals surface area contributed by atoms with Crippen LogP contribution in [-0.2, 0) is 0 Å². The average Bonchev–Trinajstić information content (AvgIpc) is 2.28. The summed E-state index contributed by atoms with van der Waals surface area (Å²) >= 11 is 5.78. The number of hydrogen-bond donors (Lipinski definition) is 2. The molecule has 92 valence electrons. The number of anilines is 2. The number of nitrogens with two attached hydrogens (primary N) is 1. The number of carbonyl (C=O) groups is 1. The molecule has 1 aromatic heterocycles. The lowest BCUT2D eigenvalue weighted by molar-refractivity contribution is 0.102. The third kappa shape index (κ3) is 2.57. The second-order valence-electron chi connectivity index (χ2n) is 3.50. The first-order valence-corrected chi connectivity index (χ1v) is 5.43. The highest BCUT2D eigenvalue weighted by molar-refractivity contribution is 6.34. The number of rotatable bonds is 2. The van der Waals surface area contributed by atoms with E-state index in [9.17, 15) is 9.18 Å². The fraction of sp³-hybridized carbons (Fsp3) is 0. The summed E-state index contributed by atoms with van der Waals surface area (Å²) in [4.78, 5) is 15.7. The fourth-order valence-corrected chi connectivity index (χ4v) is 1.66. The van der Waals surface area contributed by atoms with Crippen molar-refractivity contribution < 1.29 is 9.18 Å². The van der Waals surface area contributed by atoms with Crippen molar-refractivity contribution in [3.63, 3.8) is 0 Å². The minimum absolute atomic E-state index is 0.0383. The van der Waals surface area contributed by atoms with Gasteiger partial charge in [0.25, 0.3) is 5.91 Å². The number of nitrogen functional groups attached to an aromatic ring is 1. The summed E-state index contributed by atoms with van der Waals surface area (Å²) in [7, 11) is 0. The second-order valence-corrected chi connectivity index (χ2v) is 3.91. The van der Waals surface area contributed by atoms with E-state index in [-0.39, 0.29) is 22.2 Å². The van der Waals surface area contributed by atoms with E-state index in [1.807, 2.05) is 0 Å². The molecule has 1 amide bonds. The molecule has 4 nitrogen and oxygen atoms in total. The van der Waals surface area contributed by atoms with E-state index in [0.717, 1.165) is 6.07 Å². The first-order chi connectivity index (χ1) is 8.58.